The molecule has 3 rings (SSSR count). The van der Waals surface area contributed by atoms with E-state index in [0.717, 1.165) is 11.0 Å². The number of carbonyl (C=O) groups excluding carboxylic acids is 1. The highest BCUT2D eigenvalue weighted by Crippen LogP contribution is 2.28. The summed E-state index contributed by atoms with van der Waals surface area (Å²) in [5.41, 5.74) is 8.63. The normalized spacial score (nSPS) is 10.4. The molecule has 0 saturated heterocycles. The molecule has 0 unspecified atom stereocenters. The van der Waals surface area contributed by atoms with E-state index in [9.17, 15) is 4.79 Å². The lowest BCUT2D eigenvalue weighted by atomic mass is 10.1. The Labute approximate surface area is 156 Å². The molecule has 0 atom stereocenters. The molecule has 0 fully saturated rings. The Bertz CT molecular complexity index is 921. The summed E-state index contributed by atoms with van der Waals surface area (Å²) in [5.74, 6) is 1.60. The number of nitrogens with zero attached hydrogens (tertiary/aromatic N) is 2. The first-order valence-electron chi connectivity index (χ1n) is 7.54. The number of aromatic nitrogens is 2. The van der Waals surface area contributed by atoms with Crippen molar-refractivity contribution in [3.8, 4) is 11.5 Å². The van der Waals surface area contributed by atoms with Gasteiger partial charge in [0.25, 0.3) is 0 Å². The predicted molar refractivity (Wildman–Crippen MR) is 91.4 cm³/mol. The number of nitrogens with two attached hydrogens (primary N) is 1. The molecular weight excluding hydrogens is 386 g/mol. The van der Waals surface area contributed by atoms with Gasteiger partial charge in [-0.05, 0) is 30.3 Å². The minimum atomic E-state index is -0.0518. The molecule has 3 aromatic rings. The van der Waals surface area contributed by atoms with Crippen LogP contribution in [-0.2, 0) is 13.6 Å². The zero-order chi connectivity index (χ0) is 17.3. The molecule has 7 heteroatoms. The number of para-hydroxylation sites is 2. The molecule has 0 aliphatic carbocycles. The lowest BCUT2D eigenvalue weighted by Crippen LogP contribution is -3.00. The fraction of sp³-hybridized carbons (Fsp3) is 0.222. The van der Waals surface area contributed by atoms with Crippen LogP contribution in [0.2, 0.25) is 0 Å². The number of hydrogen-bond acceptors (Lipinski definition) is 4. The van der Waals surface area contributed by atoms with Crippen molar-refractivity contribution in [3.05, 3.63) is 48.0 Å². The maximum absolute atomic E-state index is 12.7. The number of fused-ring (bicyclic) bond motifs is 1. The number of benzene rings is 2. The molecule has 0 bridgehead atoms. The van der Waals surface area contributed by atoms with Gasteiger partial charge >= 0.3 is 5.95 Å². The lowest BCUT2D eigenvalue weighted by molar-refractivity contribution is -0.630. The summed E-state index contributed by atoms with van der Waals surface area (Å²) >= 11 is 0. The third-order valence-electron chi connectivity index (χ3n) is 4.16. The molecule has 1 aromatic heterocycles. The quantitative estimate of drug-likeness (QED) is 0.434. The number of ether oxygens (including phenoxy) is 2. The maximum Gasteiger partial charge on any atom is 0.356 e. The number of anilines is 1. The number of hydrogen-bond donors (Lipinski definition) is 1. The molecule has 1 heterocycles. The Morgan fingerprint density at radius 3 is 2.48 bits per heavy atom. The number of Topliss-reactive ketones (excluding diaryl/α,β-unsaturated/α-hetero) is 1. The lowest BCUT2D eigenvalue weighted by Gasteiger charge is -2.09. The van der Waals surface area contributed by atoms with E-state index in [-0.39, 0.29) is 29.3 Å². The summed E-state index contributed by atoms with van der Waals surface area (Å²) in [7, 11) is 4.99. The van der Waals surface area contributed by atoms with E-state index in [2.05, 4.69) is 0 Å². The third kappa shape index (κ3) is 3.32. The molecule has 0 aliphatic heterocycles. The fourth-order valence-corrected chi connectivity index (χ4v) is 2.81. The number of methoxy groups -OCH3 is 2. The van der Waals surface area contributed by atoms with Gasteiger partial charge in [-0.2, -0.15) is 0 Å². The van der Waals surface area contributed by atoms with Gasteiger partial charge in [-0.25, -0.2) is 9.13 Å². The summed E-state index contributed by atoms with van der Waals surface area (Å²) < 4.78 is 14.2. The van der Waals surface area contributed by atoms with Gasteiger partial charge in [-0.15, -0.1) is 0 Å². The number of carbonyl (C=O) groups is 1. The van der Waals surface area contributed by atoms with E-state index in [0.29, 0.717) is 23.0 Å². The molecule has 0 spiro atoms. The van der Waals surface area contributed by atoms with Gasteiger partial charge in [-0.1, -0.05) is 12.1 Å². The Kier molecular flexibility index (Phi) is 5.69. The van der Waals surface area contributed by atoms with Crippen LogP contribution in [0.1, 0.15) is 10.4 Å². The first-order valence-corrected chi connectivity index (χ1v) is 7.54. The first kappa shape index (κ1) is 18.8. The second-order valence-corrected chi connectivity index (χ2v) is 5.49. The molecule has 25 heavy (non-hydrogen) atoms. The third-order valence-corrected chi connectivity index (χ3v) is 4.16. The minimum absolute atomic E-state index is 0. The zero-order valence-electron chi connectivity index (χ0n) is 14.3. The van der Waals surface area contributed by atoms with E-state index >= 15 is 0 Å². The van der Waals surface area contributed by atoms with E-state index < -0.39 is 0 Å². The van der Waals surface area contributed by atoms with Gasteiger partial charge in [-0.3, -0.25) is 10.5 Å². The van der Waals surface area contributed by atoms with Crippen LogP contribution in [0.25, 0.3) is 11.0 Å². The van der Waals surface area contributed by atoms with Crippen molar-refractivity contribution in [2.45, 2.75) is 6.54 Å². The van der Waals surface area contributed by atoms with Gasteiger partial charge in [0.15, 0.2) is 17.3 Å². The number of aryl methyl sites for hydroxylation is 1. The van der Waals surface area contributed by atoms with Crippen molar-refractivity contribution >= 4 is 22.8 Å². The van der Waals surface area contributed by atoms with E-state index in [1.54, 1.807) is 32.4 Å². The number of halogens is 1. The molecule has 6 nitrogen and oxygen atoms in total. The van der Waals surface area contributed by atoms with Gasteiger partial charge in [0, 0.05) is 5.56 Å². The van der Waals surface area contributed by atoms with Crippen LogP contribution in [0, 0.1) is 0 Å². The fourth-order valence-electron chi connectivity index (χ4n) is 2.81. The summed E-state index contributed by atoms with van der Waals surface area (Å²) in [6.45, 7) is 0.155. The smallest absolute Gasteiger partial charge is 0.356 e. The SMILES string of the molecule is COc1ccc(C(=O)Cn2c(N)[n+](C)c3ccccc32)cc1OC.[Br-]. The van der Waals surface area contributed by atoms with Crippen LogP contribution < -0.4 is 36.8 Å². The highest BCUT2D eigenvalue weighted by Gasteiger charge is 2.21. The largest absolute Gasteiger partial charge is 1.00 e. The minimum Gasteiger partial charge on any atom is -1.00 e. The van der Waals surface area contributed by atoms with Gasteiger partial charge < -0.3 is 26.5 Å². The van der Waals surface area contributed by atoms with Crippen LogP contribution in [0.3, 0.4) is 0 Å². The number of nitrogen functional groups attached to an aromatic ring is 1. The van der Waals surface area contributed by atoms with Crippen molar-refractivity contribution in [2.75, 3.05) is 20.0 Å². The molecule has 132 valence electrons. The molecule has 0 amide bonds. The number of imidazole rings is 1. The Balaban J connectivity index is 0.00000225. The average Bonchev–Trinajstić information content (AvgIpc) is 2.86. The predicted octanol–water partition coefficient (Wildman–Crippen LogP) is -1.05. The number of rotatable bonds is 5. The summed E-state index contributed by atoms with van der Waals surface area (Å²) in [4.78, 5) is 12.7. The Hall–Kier alpha value is -2.54. The summed E-state index contributed by atoms with van der Waals surface area (Å²) in [6.07, 6.45) is 0. The van der Waals surface area contributed by atoms with Gasteiger partial charge in [0.2, 0.25) is 0 Å². The van der Waals surface area contributed by atoms with Crippen LogP contribution in [0.4, 0.5) is 5.95 Å². The van der Waals surface area contributed by atoms with Crippen LogP contribution >= 0.6 is 0 Å². The average molecular weight is 406 g/mol. The maximum atomic E-state index is 12.7. The van der Waals surface area contributed by atoms with Crippen molar-refractivity contribution in [1.82, 2.24) is 4.57 Å². The zero-order valence-corrected chi connectivity index (χ0v) is 15.9. The van der Waals surface area contributed by atoms with E-state index in [4.69, 9.17) is 15.2 Å². The summed E-state index contributed by atoms with van der Waals surface area (Å²) in [6, 6.07) is 12.9. The molecular formula is C18H20BrN3O3. The molecule has 0 saturated carbocycles. The van der Waals surface area contributed by atoms with Gasteiger partial charge in [0.1, 0.15) is 17.6 Å². The molecule has 2 aromatic carbocycles. The van der Waals surface area contributed by atoms with Crippen LogP contribution in [0.5, 0.6) is 11.5 Å². The van der Waals surface area contributed by atoms with Crippen molar-refractivity contribution in [1.29, 1.82) is 0 Å². The van der Waals surface area contributed by atoms with Crippen LogP contribution in [0.15, 0.2) is 42.5 Å². The Morgan fingerprint density at radius 1 is 1.12 bits per heavy atom. The van der Waals surface area contributed by atoms with Gasteiger partial charge in [0.05, 0.1) is 21.3 Å². The topological polar surface area (TPSA) is 70.4 Å². The van der Waals surface area contributed by atoms with Crippen molar-refractivity contribution in [2.24, 2.45) is 7.05 Å². The van der Waals surface area contributed by atoms with E-state index in [1.807, 2.05) is 40.4 Å². The second kappa shape index (κ2) is 7.57. The first-order chi connectivity index (χ1) is 11.6. The standard InChI is InChI=1S/C18H19N3O3.BrH/c1-20-13-6-4-5-7-14(13)21(18(20)19)11-15(22)12-8-9-16(23-2)17(10-12)24-3;/h4-10,19H,11H2,1-3H3;1H. The van der Waals surface area contributed by atoms with E-state index in [1.165, 1.54) is 0 Å². The molecule has 0 radical (unpaired) electrons. The molecule has 0 aliphatic rings. The second-order valence-electron chi connectivity index (χ2n) is 5.49. The summed E-state index contributed by atoms with van der Waals surface area (Å²) in [5, 5.41) is 0. The highest BCUT2D eigenvalue weighted by molar-refractivity contribution is 5.97. The monoisotopic (exact) mass is 405 g/mol. The molecule has 2 N–H and O–H groups in total. The van der Waals surface area contributed by atoms with Crippen LogP contribution in [-0.4, -0.2) is 24.6 Å². The highest BCUT2D eigenvalue weighted by atomic mass is 79.9. The van der Waals surface area contributed by atoms with Crippen molar-refractivity contribution < 1.29 is 35.8 Å². The number of ketones is 1. The van der Waals surface area contributed by atoms with Crippen molar-refractivity contribution in [3.63, 3.8) is 0 Å². The Morgan fingerprint density at radius 2 is 1.80 bits per heavy atom.